The molecule has 102 valence electrons. The van der Waals surface area contributed by atoms with Gasteiger partial charge in [0.25, 0.3) is 5.91 Å². The highest BCUT2D eigenvalue weighted by atomic mass is 16.1. The normalized spacial score (nSPS) is 18.1. The number of aromatic nitrogens is 2. The number of nitriles is 1. The van der Waals surface area contributed by atoms with Crippen LogP contribution in [-0.4, -0.2) is 39.6 Å². The van der Waals surface area contributed by atoms with Crippen molar-refractivity contribution in [3.8, 4) is 6.19 Å². The molecule has 1 amide bonds. The molecule has 6 nitrogen and oxygen atoms in total. The molecule has 1 saturated heterocycles. The molecule has 0 aromatic carbocycles. The largest absolute Gasteiger partial charge is 0.349 e. The maximum atomic E-state index is 12.1. The van der Waals surface area contributed by atoms with Crippen molar-refractivity contribution in [2.75, 3.05) is 13.1 Å². The highest BCUT2D eigenvalue weighted by Gasteiger charge is 2.24. The molecule has 2 aromatic rings. The number of hydrogen-bond acceptors (Lipinski definition) is 4. The summed E-state index contributed by atoms with van der Waals surface area (Å²) in [5, 5.41) is 16.0. The van der Waals surface area contributed by atoms with Gasteiger partial charge in [-0.1, -0.05) is 6.07 Å². The molecule has 1 fully saturated rings. The van der Waals surface area contributed by atoms with E-state index in [1.165, 1.54) is 0 Å². The minimum Gasteiger partial charge on any atom is -0.349 e. The van der Waals surface area contributed by atoms with E-state index < -0.39 is 0 Å². The predicted molar refractivity (Wildman–Crippen MR) is 72.9 cm³/mol. The molecule has 0 radical (unpaired) electrons. The summed E-state index contributed by atoms with van der Waals surface area (Å²) in [4.78, 5) is 13.8. The minimum absolute atomic E-state index is 0.112. The molecule has 1 N–H and O–H groups in total. The van der Waals surface area contributed by atoms with E-state index in [4.69, 9.17) is 5.26 Å². The standard InChI is InChI=1S/C14H15N5O/c15-10-18-6-3-5-12(18)9-16-14(20)13-8-11-4-1-2-7-19(11)17-13/h1-2,4,7-8,12H,3,5-6,9H2,(H,16,20)/t12-/m1/s1. The summed E-state index contributed by atoms with van der Waals surface area (Å²) in [5.74, 6) is -0.196. The fraction of sp³-hybridized carbons (Fsp3) is 0.357. The fourth-order valence-electron chi connectivity index (χ4n) is 2.53. The Labute approximate surface area is 116 Å². The van der Waals surface area contributed by atoms with E-state index >= 15 is 0 Å². The van der Waals surface area contributed by atoms with Gasteiger partial charge in [0.05, 0.1) is 11.6 Å². The van der Waals surface area contributed by atoms with E-state index in [9.17, 15) is 4.79 Å². The smallest absolute Gasteiger partial charge is 0.271 e. The first-order chi connectivity index (χ1) is 9.78. The molecule has 3 heterocycles. The Bertz CT molecular complexity index is 638. The van der Waals surface area contributed by atoms with Crippen LogP contribution in [-0.2, 0) is 0 Å². The Morgan fingerprint density at radius 3 is 3.25 bits per heavy atom. The van der Waals surface area contributed by atoms with Gasteiger partial charge in [0.2, 0.25) is 0 Å². The van der Waals surface area contributed by atoms with E-state index in [2.05, 4.69) is 16.6 Å². The monoisotopic (exact) mass is 269 g/mol. The molecule has 20 heavy (non-hydrogen) atoms. The van der Waals surface area contributed by atoms with Crippen LogP contribution >= 0.6 is 0 Å². The van der Waals surface area contributed by atoms with Gasteiger partial charge in [-0.3, -0.25) is 4.79 Å². The van der Waals surface area contributed by atoms with Gasteiger partial charge in [-0.15, -0.1) is 0 Å². The number of hydrogen-bond donors (Lipinski definition) is 1. The van der Waals surface area contributed by atoms with E-state index in [0.717, 1.165) is 24.9 Å². The second-order valence-electron chi connectivity index (χ2n) is 4.90. The van der Waals surface area contributed by atoms with Crippen LogP contribution in [0.3, 0.4) is 0 Å². The maximum absolute atomic E-state index is 12.1. The molecule has 1 atom stereocenters. The summed E-state index contributed by atoms with van der Waals surface area (Å²) in [6.45, 7) is 1.27. The number of amides is 1. The van der Waals surface area contributed by atoms with Crippen molar-refractivity contribution in [1.29, 1.82) is 5.26 Å². The topological polar surface area (TPSA) is 73.4 Å². The van der Waals surface area contributed by atoms with Crippen molar-refractivity contribution in [3.05, 3.63) is 36.2 Å². The number of carbonyl (C=O) groups excluding carboxylic acids is 1. The van der Waals surface area contributed by atoms with Crippen molar-refractivity contribution in [2.24, 2.45) is 0 Å². The van der Waals surface area contributed by atoms with Crippen LogP contribution in [0.15, 0.2) is 30.5 Å². The van der Waals surface area contributed by atoms with Gasteiger partial charge in [0.1, 0.15) is 0 Å². The lowest BCUT2D eigenvalue weighted by atomic mass is 10.2. The van der Waals surface area contributed by atoms with E-state index in [1.54, 1.807) is 21.7 Å². The van der Waals surface area contributed by atoms with Crippen molar-refractivity contribution in [3.63, 3.8) is 0 Å². The summed E-state index contributed by atoms with van der Waals surface area (Å²) >= 11 is 0. The lowest BCUT2D eigenvalue weighted by Crippen LogP contribution is -2.38. The van der Waals surface area contributed by atoms with Gasteiger partial charge in [0, 0.05) is 19.3 Å². The number of fused-ring (bicyclic) bond motifs is 1. The van der Waals surface area contributed by atoms with Crippen LogP contribution < -0.4 is 5.32 Å². The van der Waals surface area contributed by atoms with Crippen LogP contribution in [0.25, 0.3) is 5.52 Å². The number of rotatable bonds is 3. The molecule has 1 aliphatic heterocycles. The first-order valence-corrected chi connectivity index (χ1v) is 6.67. The molecule has 2 aromatic heterocycles. The minimum atomic E-state index is -0.196. The summed E-state index contributed by atoms with van der Waals surface area (Å²) in [6.07, 6.45) is 5.91. The third kappa shape index (κ3) is 2.30. The van der Waals surface area contributed by atoms with E-state index in [0.29, 0.717) is 12.2 Å². The Kier molecular flexibility index (Phi) is 3.25. The third-order valence-electron chi connectivity index (χ3n) is 3.61. The van der Waals surface area contributed by atoms with Gasteiger partial charge in [-0.2, -0.15) is 10.4 Å². The summed E-state index contributed by atoms with van der Waals surface area (Å²) in [5.41, 5.74) is 1.29. The second-order valence-corrected chi connectivity index (χ2v) is 4.90. The maximum Gasteiger partial charge on any atom is 0.271 e. The first-order valence-electron chi connectivity index (χ1n) is 6.67. The number of nitrogens with zero attached hydrogens (tertiary/aromatic N) is 4. The van der Waals surface area contributed by atoms with E-state index in [-0.39, 0.29) is 11.9 Å². The molecule has 0 spiro atoms. The molecule has 1 aliphatic rings. The number of pyridine rings is 1. The second kappa shape index (κ2) is 5.21. The van der Waals surface area contributed by atoms with Crippen LogP contribution in [0.4, 0.5) is 0 Å². The van der Waals surface area contributed by atoms with Crippen molar-refractivity contribution in [2.45, 2.75) is 18.9 Å². The van der Waals surface area contributed by atoms with Gasteiger partial charge < -0.3 is 10.2 Å². The van der Waals surface area contributed by atoms with Crippen LogP contribution in [0.5, 0.6) is 0 Å². The average Bonchev–Trinajstić information content (AvgIpc) is 3.10. The Balaban J connectivity index is 1.66. The lowest BCUT2D eigenvalue weighted by molar-refractivity contribution is 0.0940. The molecule has 0 bridgehead atoms. The Morgan fingerprint density at radius 2 is 2.45 bits per heavy atom. The molecular formula is C14H15N5O. The van der Waals surface area contributed by atoms with Gasteiger partial charge in [0.15, 0.2) is 11.9 Å². The molecule has 0 aliphatic carbocycles. The molecule has 6 heteroatoms. The van der Waals surface area contributed by atoms with Gasteiger partial charge >= 0.3 is 0 Å². The third-order valence-corrected chi connectivity index (χ3v) is 3.61. The highest BCUT2D eigenvalue weighted by molar-refractivity contribution is 5.93. The number of carbonyl (C=O) groups is 1. The average molecular weight is 269 g/mol. The SMILES string of the molecule is N#CN1CCC[C@@H]1CNC(=O)c1cc2ccccn2n1. The van der Waals surface area contributed by atoms with Crippen molar-refractivity contribution in [1.82, 2.24) is 19.8 Å². The highest BCUT2D eigenvalue weighted by Crippen LogP contribution is 2.15. The number of nitrogens with one attached hydrogen (secondary N) is 1. The van der Waals surface area contributed by atoms with Crippen LogP contribution in [0.2, 0.25) is 0 Å². The zero-order valence-electron chi connectivity index (χ0n) is 11.0. The first kappa shape index (κ1) is 12.5. The van der Waals surface area contributed by atoms with E-state index in [1.807, 2.05) is 18.2 Å². The zero-order chi connectivity index (χ0) is 13.9. The van der Waals surface area contributed by atoms with Crippen LogP contribution in [0.1, 0.15) is 23.3 Å². The Hall–Kier alpha value is -2.55. The quantitative estimate of drug-likeness (QED) is 0.844. The lowest BCUT2D eigenvalue weighted by Gasteiger charge is -2.18. The fourth-order valence-corrected chi connectivity index (χ4v) is 2.53. The zero-order valence-corrected chi connectivity index (χ0v) is 11.0. The molecule has 0 saturated carbocycles. The molecule has 3 rings (SSSR count). The molecular weight excluding hydrogens is 254 g/mol. The summed E-state index contributed by atoms with van der Waals surface area (Å²) in [6, 6.07) is 7.54. The van der Waals surface area contributed by atoms with Crippen LogP contribution in [0, 0.1) is 11.5 Å². The van der Waals surface area contributed by atoms with Gasteiger partial charge in [-0.05, 0) is 31.0 Å². The summed E-state index contributed by atoms with van der Waals surface area (Å²) < 4.78 is 1.67. The molecule has 0 unspecified atom stereocenters. The van der Waals surface area contributed by atoms with Crippen molar-refractivity contribution < 1.29 is 4.79 Å². The van der Waals surface area contributed by atoms with Crippen molar-refractivity contribution >= 4 is 11.4 Å². The van der Waals surface area contributed by atoms with Gasteiger partial charge in [-0.25, -0.2) is 4.52 Å². The number of likely N-dealkylation sites (tertiary alicyclic amines) is 1. The summed E-state index contributed by atoms with van der Waals surface area (Å²) in [7, 11) is 0. The predicted octanol–water partition coefficient (Wildman–Crippen LogP) is 1.01. The Morgan fingerprint density at radius 1 is 1.55 bits per heavy atom.